The number of carbonyl (C=O) groups excluding carboxylic acids is 2. The van der Waals surface area contributed by atoms with Crippen LogP contribution in [0.3, 0.4) is 0 Å². The summed E-state index contributed by atoms with van der Waals surface area (Å²) in [6, 6.07) is -1.68. The van der Waals surface area contributed by atoms with Crippen molar-refractivity contribution < 1.29 is 24.2 Å². The van der Waals surface area contributed by atoms with Crippen molar-refractivity contribution in [2.24, 2.45) is 5.92 Å². The van der Waals surface area contributed by atoms with Gasteiger partial charge < -0.3 is 25.8 Å². The molecule has 0 bridgehead atoms. The Labute approximate surface area is 111 Å². The van der Waals surface area contributed by atoms with Gasteiger partial charge in [0.2, 0.25) is 5.91 Å². The Kier molecular flexibility index (Phi) is 8.27. The number of hydrogen-bond donors (Lipinski definition) is 4. The maximum absolute atomic E-state index is 11.4. The van der Waals surface area contributed by atoms with Gasteiger partial charge in [-0.15, -0.1) is 0 Å². The molecule has 0 fully saturated rings. The van der Waals surface area contributed by atoms with Crippen LogP contribution in [0.5, 0.6) is 0 Å². The van der Waals surface area contributed by atoms with Crippen LogP contribution in [0.2, 0.25) is 0 Å². The third-order valence-electron chi connectivity index (χ3n) is 2.26. The Morgan fingerprint density at radius 3 is 2.32 bits per heavy atom. The number of nitrogens with one attached hydrogen (secondary N) is 3. The molecule has 0 rings (SSSR count). The number of ether oxygens (including phenoxy) is 1. The molecule has 0 saturated heterocycles. The van der Waals surface area contributed by atoms with Crippen LogP contribution in [-0.2, 0) is 14.3 Å². The molecule has 8 heteroatoms. The first-order valence-corrected chi connectivity index (χ1v) is 5.91. The molecule has 4 N–H and O–H groups in total. The van der Waals surface area contributed by atoms with Crippen molar-refractivity contribution in [3.05, 3.63) is 0 Å². The van der Waals surface area contributed by atoms with Crippen LogP contribution >= 0.6 is 0 Å². The molecule has 1 atom stereocenters. The van der Waals surface area contributed by atoms with Crippen molar-refractivity contribution >= 4 is 17.9 Å². The Bertz CT molecular complexity index is 319. The molecule has 3 amide bonds. The molecule has 0 spiro atoms. The van der Waals surface area contributed by atoms with Crippen molar-refractivity contribution in [3.8, 4) is 0 Å². The summed E-state index contributed by atoms with van der Waals surface area (Å²) in [5.41, 5.74) is 0. The van der Waals surface area contributed by atoms with Crippen molar-refractivity contribution in [2.45, 2.75) is 19.9 Å². The average molecular weight is 275 g/mol. The molecule has 110 valence electrons. The number of aliphatic carboxylic acids is 1. The van der Waals surface area contributed by atoms with Gasteiger partial charge in [-0.3, -0.25) is 4.79 Å². The van der Waals surface area contributed by atoms with Gasteiger partial charge in [-0.2, -0.15) is 0 Å². The summed E-state index contributed by atoms with van der Waals surface area (Å²) in [6.45, 7) is 3.86. The van der Waals surface area contributed by atoms with E-state index in [-0.39, 0.29) is 18.4 Å². The molecule has 0 saturated carbocycles. The van der Waals surface area contributed by atoms with E-state index in [0.29, 0.717) is 13.2 Å². The molecular formula is C11H21N3O5. The summed E-state index contributed by atoms with van der Waals surface area (Å²) in [7, 11) is 1.51. The minimum Gasteiger partial charge on any atom is -0.480 e. The highest BCUT2D eigenvalue weighted by atomic mass is 16.5. The van der Waals surface area contributed by atoms with E-state index in [9.17, 15) is 14.4 Å². The smallest absolute Gasteiger partial charge is 0.326 e. The predicted octanol–water partition coefficient (Wildman–Crippen LogP) is -0.843. The van der Waals surface area contributed by atoms with Crippen molar-refractivity contribution in [1.82, 2.24) is 16.0 Å². The van der Waals surface area contributed by atoms with Gasteiger partial charge in [-0.25, -0.2) is 9.59 Å². The van der Waals surface area contributed by atoms with Crippen LogP contribution in [-0.4, -0.2) is 55.9 Å². The number of carboxylic acid groups (broad SMARTS) is 1. The second kappa shape index (κ2) is 9.15. The molecule has 0 aromatic carbocycles. The lowest BCUT2D eigenvalue weighted by atomic mass is 10.1. The maximum Gasteiger partial charge on any atom is 0.326 e. The van der Waals surface area contributed by atoms with Crippen LogP contribution in [0, 0.1) is 5.92 Å². The zero-order chi connectivity index (χ0) is 14.8. The second-order valence-electron chi connectivity index (χ2n) is 4.23. The van der Waals surface area contributed by atoms with Crippen LogP contribution in [0.4, 0.5) is 4.79 Å². The normalized spacial score (nSPS) is 11.8. The lowest BCUT2D eigenvalue weighted by Crippen LogP contribution is -2.50. The van der Waals surface area contributed by atoms with Crippen LogP contribution in [0.25, 0.3) is 0 Å². The Balaban J connectivity index is 3.97. The number of methoxy groups -OCH3 is 1. The van der Waals surface area contributed by atoms with Gasteiger partial charge >= 0.3 is 12.0 Å². The van der Waals surface area contributed by atoms with Crippen molar-refractivity contribution in [3.63, 3.8) is 0 Å². The van der Waals surface area contributed by atoms with Crippen molar-refractivity contribution in [1.29, 1.82) is 0 Å². The van der Waals surface area contributed by atoms with E-state index in [1.807, 2.05) is 0 Å². The van der Waals surface area contributed by atoms with E-state index >= 15 is 0 Å². The number of carbonyl (C=O) groups is 3. The van der Waals surface area contributed by atoms with E-state index < -0.39 is 18.0 Å². The van der Waals surface area contributed by atoms with Crippen molar-refractivity contribution in [2.75, 3.05) is 26.8 Å². The Hall–Kier alpha value is -1.83. The molecule has 19 heavy (non-hydrogen) atoms. The van der Waals surface area contributed by atoms with Gasteiger partial charge in [-0.1, -0.05) is 13.8 Å². The Morgan fingerprint density at radius 1 is 1.21 bits per heavy atom. The standard InChI is InChI=1S/C11H21N3O5/c1-7(2)9(10(16)17)14-11(18)13-6-8(15)12-4-5-19-3/h7,9H,4-6H2,1-3H3,(H,12,15)(H,16,17)(H2,13,14,18)/t9-/m0/s1. The minimum absolute atomic E-state index is 0.222. The van der Waals surface area contributed by atoms with E-state index in [2.05, 4.69) is 16.0 Å². The maximum atomic E-state index is 11.4. The summed E-state index contributed by atoms with van der Waals surface area (Å²) in [6.07, 6.45) is 0. The first-order chi connectivity index (χ1) is 8.88. The van der Waals surface area contributed by atoms with E-state index in [0.717, 1.165) is 0 Å². The first kappa shape index (κ1) is 17.2. The quantitative estimate of drug-likeness (QED) is 0.431. The van der Waals surface area contributed by atoms with Gasteiger partial charge in [0.25, 0.3) is 0 Å². The molecule has 0 aliphatic rings. The molecule has 0 aromatic rings. The summed E-state index contributed by atoms with van der Waals surface area (Å²) in [4.78, 5) is 33.5. The van der Waals surface area contributed by atoms with Crippen LogP contribution in [0.1, 0.15) is 13.8 Å². The first-order valence-electron chi connectivity index (χ1n) is 5.91. The molecule has 0 heterocycles. The lowest BCUT2D eigenvalue weighted by molar-refractivity contribution is -0.140. The summed E-state index contributed by atoms with van der Waals surface area (Å²) < 4.78 is 4.74. The molecule has 0 aliphatic heterocycles. The van der Waals surface area contributed by atoms with Crippen LogP contribution < -0.4 is 16.0 Å². The molecular weight excluding hydrogens is 254 g/mol. The summed E-state index contributed by atoms with van der Waals surface area (Å²) in [5.74, 6) is -1.74. The topological polar surface area (TPSA) is 117 Å². The fourth-order valence-electron chi connectivity index (χ4n) is 1.22. The highest BCUT2D eigenvalue weighted by Gasteiger charge is 2.23. The van der Waals surface area contributed by atoms with Gasteiger partial charge in [0.15, 0.2) is 0 Å². The third-order valence-corrected chi connectivity index (χ3v) is 2.26. The highest BCUT2D eigenvalue weighted by Crippen LogP contribution is 2.00. The van der Waals surface area contributed by atoms with Crippen LogP contribution in [0.15, 0.2) is 0 Å². The third kappa shape index (κ3) is 7.98. The van der Waals surface area contributed by atoms with E-state index in [4.69, 9.17) is 9.84 Å². The zero-order valence-corrected chi connectivity index (χ0v) is 11.4. The molecule has 0 unspecified atom stereocenters. The van der Waals surface area contributed by atoms with Gasteiger partial charge in [-0.05, 0) is 5.92 Å². The predicted molar refractivity (Wildman–Crippen MR) is 67.7 cm³/mol. The average Bonchev–Trinajstić information content (AvgIpc) is 2.33. The van der Waals surface area contributed by atoms with Gasteiger partial charge in [0.1, 0.15) is 6.04 Å². The summed E-state index contributed by atoms with van der Waals surface area (Å²) in [5, 5.41) is 16.0. The number of rotatable bonds is 8. The molecule has 0 radical (unpaired) electrons. The Morgan fingerprint density at radius 2 is 1.84 bits per heavy atom. The molecule has 0 aromatic heterocycles. The second-order valence-corrected chi connectivity index (χ2v) is 4.23. The molecule has 8 nitrogen and oxygen atoms in total. The fourth-order valence-corrected chi connectivity index (χ4v) is 1.22. The minimum atomic E-state index is -1.12. The van der Waals surface area contributed by atoms with E-state index in [1.54, 1.807) is 13.8 Å². The van der Waals surface area contributed by atoms with Gasteiger partial charge in [0.05, 0.1) is 13.2 Å². The largest absolute Gasteiger partial charge is 0.480 e. The number of carboxylic acids is 1. The number of amides is 3. The number of hydrogen-bond acceptors (Lipinski definition) is 4. The molecule has 0 aliphatic carbocycles. The monoisotopic (exact) mass is 275 g/mol. The SMILES string of the molecule is COCCNC(=O)CNC(=O)N[C@H](C(=O)O)C(C)C. The summed E-state index contributed by atoms with van der Waals surface area (Å²) >= 11 is 0. The van der Waals surface area contributed by atoms with Gasteiger partial charge in [0, 0.05) is 13.7 Å². The number of urea groups is 1. The fraction of sp³-hybridized carbons (Fsp3) is 0.727. The van der Waals surface area contributed by atoms with E-state index in [1.165, 1.54) is 7.11 Å². The lowest BCUT2D eigenvalue weighted by Gasteiger charge is -2.18. The zero-order valence-electron chi connectivity index (χ0n) is 11.4. The highest BCUT2D eigenvalue weighted by molar-refractivity contribution is 5.86.